The van der Waals surface area contributed by atoms with E-state index in [-0.39, 0.29) is 12.5 Å². The Morgan fingerprint density at radius 1 is 1.02 bits per heavy atom. The van der Waals surface area contributed by atoms with Crippen molar-refractivity contribution in [2.75, 3.05) is 57.8 Å². The van der Waals surface area contributed by atoms with E-state index in [1.807, 2.05) is 41.1 Å². The van der Waals surface area contributed by atoms with Crippen molar-refractivity contribution >= 4 is 35.1 Å². The van der Waals surface area contributed by atoms with Gasteiger partial charge in [-0.25, -0.2) is 19.3 Å². The van der Waals surface area contributed by atoms with Crippen LogP contribution in [0.4, 0.5) is 10.3 Å². The van der Waals surface area contributed by atoms with Crippen LogP contribution in [0, 0.1) is 5.92 Å². The summed E-state index contributed by atoms with van der Waals surface area (Å²) in [7, 11) is 1.91. The Morgan fingerprint density at radius 3 is 2.43 bits per heavy atom. The average Bonchev–Trinajstić information content (AvgIpc) is 3.12. The Bertz CT molecular complexity index is 1350. The lowest BCUT2D eigenvalue weighted by atomic mass is 9.96. The van der Waals surface area contributed by atoms with Gasteiger partial charge in [-0.05, 0) is 68.7 Å². The molecule has 2 aromatic heterocycles. The normalized spacial score (nSPS) is 19.0. The predicted octanol–water partition coefficient (Wildman–Crippen LogP) is 5.08. The van der Waals surface area contributed by atoms with Gasteiger partial charge in [0.25, 0.3) is 0 Å². The summed E-state index contributed by atoms with van der Waals surface area (Å²) in [6, 6.07) is 9.29. The molecule has 1 unspecified atom stereocenters. The zero-order valence-electron chi connectivity index (χ0n) is 23.9. The summed E-state index contributed by atoms with van der Waals surface area (Å²) in [5.41, 5.74) is 2.51. The molecule has 0 saturated carbocycles. The summed E-state index contributed by atoms with van der Waals surface area (Å²) in [4.78, 5) is 31.2. The molecule has 2 aliphatic heterocycles. The van der Waals surface area contributed by atoms with E-state index in [2.05, 4.69) is 20.2 Å². The fourth-order valence-corrected chi connectivity index (χ4v) is 5.91. The molecule has 2 fully saturated rings. The molecule has 224 valence electrons. The number of hydrogen-bond donors (Lipinski definition) is 1. The van der Waals surface area contributed by atoms with Gasteiger partial charge in [-0.15, -0.1) is 0 Å². The van der Waals surface area contributed by atoms with Crippen molar-refractivity contribution in [2.45, 2.75) is 32.5 Å². The number of benzene rings is 1. The van der Waals surface area contributed by atoms with Crippen LogP contribution < -0.4 is 15.0 Å². The third-order valence-corrected chi connectivity index (χ3v) is 8.01. The van der Waals surface area contributed by atoms with Gasteiger partial charge in [0, 0.05) is 61.3 Å². The monoisotopic (exact) mass is 615 g/mol. The van der Waals surface area contributed by atoms with Gasteiger partial charge in [-0.1, -0.05) is 23.2 Å². The highest BCUT2D eigenvalue weighted by atomic mass is 35.5. The zero-order chi connectivity index (χ0) is 29.6. The van der Waals surface area contributed by atoms with Gasteiger partial charge in [0.05, 0.1) is 24.6 Å². The maximum atomic E-state index is 14.3. The number of piperidine rings is 1. The lowest BCUT2D eigenvalue weighted by Gasteiger charge is -2.32. The smallest absolute Gasteiger partial charge is 0.225 e. The standard InChI is InChI=1S/C30H36Cl2FN7O2/c1-20(41)34-14-21-3-5-39(6-4-21)17-22-9-28(23-11-24(31)13-25(32)12-23)37-29(10-22)42-27-15-35-30(36-16-27)40-8-7-38(2)18-26(33)19-40/h9-13,15-16,21,26H,3-8,14,17-19H2,1-2H3,(H,34,41). The first-order chi connectivity index (χ1) is 20.2. The average molecular weight is 617 g/mol. The highest BCUT2D eigenvalue weighted by molar-refractivity contribution is 6.35. The second-order valence-corrected chi connectivity index (χ2v) is 12.0. The number of hydrogen-bond acceptors (Lipinski definition) is 8. The van der Waals surface area contributed by atoms with Crippen molar-refractivity contribution in [1.29, 1.82) is 0 Å². The number of anilines is 1. The molecule has 0 spiro atoms. The predicted molar refractivity (Wildman–Crippen MR) is 163 cm³/mol. The van der Waals surface area contributed by atoms with Gasteiger partial charge in [-0.2, -0.15) is 0 Å². The number of rotatable bonds is 8. The van der Waals surface area contributed by atoms with Gasteiger partial charge >= 0.3 is 0 Å². The minimum absolute atomic E-state index is 0.0126. The van der Waals surface area contributed by atoms with E-state index in [4.69, 9.17) is 32.9 Å². The molecular formula is C30H36Cl2FN7O2. The quantitative estimate of drug-likeness (QED) is 0.376. The summed E-state index contributed by atoms with van der Waals surface area (Å²) in [5, 5.41) is 3.98. The molecule has 1 N–H and O–H groups in total. The van der Waals surface area contributed by atoms with Crippen molar-refractivity contribution in [3.63, 3.8) is 0 Å². The van der Waals surface area contributed by atoms with E-state index in [9.17, 15) is 9.18 Å². The molecule has 1 aromatic carbocycles. The molecule has 0 aliphatic carbocycles. The number of alkyl halides is 1. The molecular weight excluding hydrogens is 580 g/mol. The number of carbonyl (C=O) groups is 1. The summed E-state index contributed by atoms with van der Waals surface area (Å²) >= 11 is 12.6. The Morgan fingerprint density at radius 2 is 1.74 bits per heavy atom. The largest absolute Gasteiger partial charge is 0.436 e. The molecule has 0 bridgehead atoms. The maximum Gasteiger partial charge on any atom is 0.225 e. The van der Waals surface area contributed by atoms with Gasteiger partial charge in [-0.3, -0.25) is 9.69 Å². The molecule has 0 radical (unpaired) electrons. The molecule has 2 saturated heterocycles. The summed E-state index contributed by atoms with van der Waals surface area (Å²) < 4.78 is 20.5. The first-order valence-corrected chi connectivity index (χ1v) is 15.0. The van der Waals surface area contributed by atoms with Gasteiger partial charge in [0.1, 0.15) is 6.17 Å². The minimum Gasteiger partial charge on any atom is -0.436 e. The Balaban J connectivity index is 1.33. The lowest BCUT2D eigenvalue weighted by molar-refractivity contribution is -0.119. The van der Waals surface area contributed by atoms with Crippen LogP contribution in [0.1, 0.15) is 25.3 Å². The lowest BCUT2D eigenvalue weighted by Crippen LogP contribution is -2.37. The summed E-state index contributed by atoms with van der Waals surface area (Å²) in [6.07, 6.45) is 4.25. The maximum absolute atomic E-state index is 14.3. The highest BCUT2D eigenvalue weighted by Crippen LogP contribution is 2.31. The molecule has 42 heavy (non-hydrogen) atoms. The summed E-state index contributed by atoms with van der Waals surface area (Å²) in [5.74, 6) is 1.80. The molecule has 5 rings (SSSR count). The van der Waals surface area contributed by atoms with Crippen LogP contribution in [0.2, 0.25) is 10.0 Å². The van der Waals surface area contributed by atoms with E-state index in [0.717, 1.165) is 56.7 Å². The topological polar surface area (TPSA) is 86.7 Å². The number of nitrogens with one attached hydrogen (secondary N) is 1. The Hall–Kier alpha value is -3.05. The van der Waals surface area contributed by atoms with Crippen molar-refractivity contribution < 1.29 is 13.9 Å². The van der Waals surface area contributed by atoms with Gasteiger partial charge in [0.2, 0.25) is 17.7 Å². The van der Waals surface area contributed by atoms with E-state index in [1.165, 1.54) is 0 Å². The van der Waals surface area contributed by atoms with Crippen molar-refractivity contribution in [1.82, 2.24) is 30.1 Å². The van der Waals surface area contributed by atoms with Crippen LogP contribution in [-0.2, 0) is 11.3 Å². The van der Waals surface area contributed by atoms with E-state index in [0.29, 0.717) is 52.3 Å². The number of ether oxygens (including phenoxy) is 1. The van der Waals surface area contributed by atoms with Crippen LogP contribution >= 0.6 is 23.2 Å². The number of carbonyl (C=O) groups excluding carboxylic acids is 1. The van der Waals surface area contributed by atoms with Crippen molar-refractivity contribution in [2.24, 2.45) is 5.92 Å². The van der Waals surface area contributed by atoms with Crippen LogP contribution in [0.3, 0.4) is 0 Å². The fraction of sp³-hybridized carbons (Fsp3) is 0.467. The van der Waals surface area contributed by atoms with Crippen LogP contribution in [0.25, 0.3) is 11.3 Å². The van der Waals surface area contributed by atoms with Crippen LogP contribution in [-0.4, -0.2) is 89.7 Å². The Kier molecular flexibility index (Phi) is 10.1. The first kappa shape index (κ1) is 30.4. The van der Waals surface area contributed by atoms with Crippen molar-refractivity contribution in [3.05, 3.63) is 58.3 Å². The number of halogens is 3. The van der Waals surface area contributed by atoms with E-state index in [1.54, 1.807) is 25.4 Å². The van der Waals surface area contributed by atoms with Gasteiger partial charge in [0.15, 0.2) is 5.75 Å². The number of likely N-dealkylation sites (N-methyl/N-ethyl adjacent to an activating group) is 1. The highest BCUT2D eigenvalue weighted by Gasteiger charge is 2.23. The first-order valence-electron chi connectivity index (χ1n) is 14.2. The zero-order valence-corrected chi connectivity index (χ0v) is 25.4. The number of likely N-dealkylation sites (tertiary alicyclic amines) is 1. The molecule has 9 nitrogen and oxygen atoms in total. The van der Waals surface area contributed by atoms with E-state index >= 15 is 0 Å². The number of pyridine rings is 1. The number of aromatic nitrogens is 3. The fourth-order valence-electron chi connectivity index (χ4n) is 5.38. The number of amides is 1. The van der Waals surface area contributed by atoms with Crippen LogP contribution in [0.15, 0.2) is 42.7 Å². The molecule has 1 amide bonds. The van der Waals surface area contributed by atoms with Crippen LogP contribution in [0.5, 0.6) is 11.6 Å². The third kappa shape index (κ3) is 8.50. The third-order valence-electron chi connectivity index (χ3n) is 7.57. The number of nitrogens with zero attached hydrogens (tertiary/aromatic N) is 6. The molecule has 4 heterocycles. The molecule has 12 heteroatoms. The summed E-state index contributed by atoms with van der Waals surface area (Å²) in [6.45, 7) is 6.90. The molecule has 1 atom stereocenters. The van der Waals surface area contributed by atoms with Crippen molar-refractivity contribution in [3.8, 4) is 22.9 Å². The molecule has 3 aromatic rings. The second kappa shape index (κ2) is 13.9. The molecule has 2 aliphatic rings. The SMILES string of the molecule is CC(=O)NCC1CCN(Cc2cc(Oc3cnc(N4CCN(C)CC(F)C4)nc3)nc(-c3cc(Cl)cc(Cl)c3)c2)CC1. The second-order valence-electron chi connectivity index (χ2n) is 11.1. The van der Waals surface area contributed by atoms with E-state index < -0.39 is 6.17 Å². The Labute approximate surface area is 256 Å². The minimum atomic E-state index is -0.967. The van der Waals surface area contributed by atoms with Gasteiger partial charge < -0.3 is 19.9 Å².